The first-order chi connectivity index (χ1) is 9.78. The topological polar surface area (TPSA) is 26.3 Å². The summed E-state index contributed by atoms with van der Waals surface area (Å²) in [6.45, 7) is 0.344. The molecule has 2 nitrogen and oxygen atoms in total. The van der Waals surface area contributed by atoms with Crippen molar-refractivity contribution in [1.82, 2.24) is 0 Å². The third kappa shape index (κ3) is 2.35. The maximum absolute atomic E-state index is 13.4. The molecular formula is C17H13FO2. The largest absolute Gasteiger partial charge is 0.489 e. The Kier molecular flexibility index (Phi) is 3.33. The highest BCUT2D eigenvalue weighted by molar-refractivity contribution is 5.75. The number of hydrogen-bond acceptors (Lipinski definition) is 2. The summed E-state index contributed by atoms with van der Waals surface area (Å²) in [4.78, 5) is 11.4. The van der Waals surface area contributed by atoms with Gasteiger partial charge in [0, 0.05) is 5.56 Å². The van der Waals surface area contributed by atoms with Crippen molar-refractivity contribution in [2.45, 2.75) is 5.92 Å². The molecule has 2 aromatic carbocycles. The average molecular weight is 268 g/mol. The Bertz CT molecular complexity index is 662. The maximum Gasteiger partial charge on any atom is 0.131 e. The fraction of sp³-hybridized carbons (Fsp3) is 0.118. The molecule has 1 aliphatic heterocycles. The number of rotatable bonds is 2. The Labute approximate surface area is 116 Å². The van der Waals surface area contributed by atoms with E-state index in [0.717, 1.165) is 17.4 Å². The molecule has 0 saturated heterocycles. The Morgan fingerprint density at radius 1 is 1.15 bits per heavy atom. The molecule has 1 unspecified atom stereocenters. The lowest BCUT2D eigenvalue weighted by atomic mass is 9.88. The van der Waals surface area contributed by atoms with E-state index in [0.29, 0.717) is 17.9 Å². The molecule has 3 rings (SSSR count). The van der Waals surface area contributed by atoms with Crippen molar-refractivity contribution in [2.75, 3.05) is 6.61 Å². The van der Waals surface area contributed by atoms with E-state index in [9.17, 15) is 9.18 Å². The van der Waals surface area contributed by atoms with Crippen LogP contribution in [0.1, 0.15) is 17.0 Å². The van der Waals surface area contributed by atoms with Crippen LogP contribution >= 0.6 is 0 Å². The Hall–Kier alpha value is -2.42. The summed E-state index contributed by atoms with van der Waals surface area (Å²) in [6, 6.07) is 14.0. The third-order valence-corrected chi connectivity index (χ3v) is 3.39. The van der Waals surface area contributed by atoms with E-state index in [-0.39, 0.29) is 5.82 Å². The average Bonchev–Trinajstić information content (AvgIpc) is 2.48. The first-order valence-electron chi connectivity index (χ1n) is 6.41. The van der Waals surface area contributed by atoms with Crippen LogP contribution in [0.3, 0.4) is 0 Å². The van der Waals surface area contributed by atoms with Gasteiger partial charge in [0.1, 0.15) is 24.5 Å². The van der Waals surface area contributed by atoms with Crippen molar-refractivity contribution in [1.29, 1.82) is 0 Å². The van der Waals surface area contributed by atoms with Gasteiger partial charge in [-0.25, -0.2) is 4.39 Å². The van der Waals surface area contributed by atoms with Crippen molar-refractivity contribution >= 4 is 12.4 Å². The molecule has 2 aromatic rings. The SMILES string of the molecule is O=CC1C(=Cc2ccccc2)COc2ccc(F)cc21. The highest BCUT2D eigenvalue weighted by Crippen LogP contribution is 2.36. The molecule has 0 bridgehead atoms. The quantitative estimate of drug-likeness (QED) is 0.778. The molecule has 0 amide bonds. The predicted molar refractivity (Wildman–Crippen MR) is 75.1 cm³/mol. The summed E-state index contributed by atoms with van der Waals surface area (Å²) in [5, 5.41) is 0. The van der Waals surface area contributed by atoms with Crippen LogP contribution in [-0.4, -0.2) is 12.9 Å². The van der Waals surface area contributed by atoms with Crippen LogP contribution in [0.25, 0.3) is 6.08 Å². The molecule has 100 valence electrons. The summed E-state index contributed by atoms with van der Waals surface area (Å²) >= 11 is 0. The van der Waals surface area contributed by atoms with Gasteiger partial charge in [0.2, 0.25) is 0 Å². The lowest BCUT2D eigenvalue weighted by Gasteiger charge is -2.25. The van der Waals surface area contributed by atoms with Crippen LogP contribution in [-0.2, 0) is 4.79 Å². The predicted octanol–water partition coefficient (Wildman–Crippen LogP) is 3.58. The minimum Gasteiger partial charge on any atom is -0.489 e. The van der Waals surface area contributed by atoms with Crippen LogP contribution in [0.5, 0.6) is 5.75 Å². The first-order valence-corrected chi connectivity index (χ1v) is 6.41. The lowest BCUT2D eigenvalue weighted by Crippen LogP contribution is -2.18. The number of ether oxygens (including phenoxy) is 1. The minimum absolute atomic E-state index is 0.344. The molecular weight excluding hydrogens is 255 g/mol. The number of fused-ring (bicyclic) bond motifs is 1. The van der Waals surface area contributed by atoms with E-state index < -0.39 is 5.92 Å². The second-order valence-corrected chi connectivity index (χ2v) is 4.71. The van der Waals surface area contributed by atoms with Crippen molar-refractivity contribution < 1.29 is 13.9 Å². The number of carbonyl (C=O) groups excluding carboxylic acids is 1. The fourth-order valence-electron chi connectivity index (χ4n) is 2.40. The molecule has 0 N–H and O–H groups in total. The van der Waals surface area contributed by atoms with Crippen LogP contribution < -0.4 is 4.74 Å². The van der Waals surface area contributed by atoms with Crippen LogP contribution in [0.4, 0.5) is 4.39 Å². The summed E-state index contributed by atoms with van der Waals surface area (Å²) in [6.07, 6.45) is 2.77. The van der Waals surface area contributed by atoms with Gasteiger partial charge in [-0.15, -0.1) is 0 Å². The van der Waals surface area contributed by atoms with Gasteiger partial charge >= 0.3 is 0 Å². The molecule has 20 heavy (non-hydrogen) atoms. The van der Waals surface area contributed by atoms with Crippen molar-refractivity contribution in [3.63, 3.8) is 0 Å². The third-order valence-electron chi connectivity index (χ3n) is 3.39. The fourth-order valence-corrected chi connectivity index (χ4v) is 2.40. The molecule has 0 saturated carbocycles. The summed E-state index contributed by atoms with van der Waals surface area (Å²) < 4.78 is 19.0. The van der Waals surface area contributed by atoms with Crippen molar-refractivity contribution in [2.24, 2.45) is 0 Å². The zero-order chi connectivity index (χ0) is 13.9. The van der Waals surface area contributed by atoms with Crippen LogP contribution in [0.2, 0.25) is 0 Å². The summed E-state index contributed by atoms with van der Waals surface area (Å²) in [5.74, 6) is -0.233. The Balaban J connectivity index is 2.03. The molecule has 1 aliphatic rings. The van der Waals surface area contributed by atoms with E-state index in [1.165, 1.54) is 12.1 Å². The van der Waals surface area contributed by atoms with Crippen molar-refractivity contribution in [3.8, 4) is 5.75 Å². The summed E-state index contributed by atoms with van der Waals surface area (Å²) in [7, 11) is 0. The zero-order valence-electron chi connectivity index (χ0n) is 10.8. The van der Waals surface area contributed by atoms with E-state index in [1.54, 1.807) is 6.07 Å². The normalized spacial score (nSPS) is 19.2. The number of hydrogen-bond donors (Lipinski definition) is 0. The molecule has 0 aliphatic carbocycles. The van der Waals surface area contributed by atoms with Gasteiger partial charge in [0.05, 0.1) is 5.92 Å². The molecule has 1 heterocycles. The van der Waals surface area contributed by atoms with E-state index >= 15 is 0 Å². The highest BCUT2D eigenvalue weighted by atomic mass is 19.1. The van der Waals surface area contributed by atoms with E-state index in [2.05, 4.69) is 0 Å². The zero-order valence-corrected chi connectivity index (χ0v) is 10.8. The minimum atomic E-state index is -0.449. The molecule has 1 atom stereocenters. The highest BCUT2D eigenvalue weighted by Gasteiger charge is 2.25. The van der Waals surface area contributed by atoms with Crippen LogP contribution in [0.15, 0.2) is 54.1 Å². The van der Waals surface area contributed by atoms with Gasteiger partial charge in [0.15, 0.2) is 0 Å². The van der Waals surface area contributed by atoms with Crippen LogP contribution in [0, 0.1) is 5.82 Å². The Morgan fingerprint density at radius 2 is 1.95 bits per heavy atom. The molecule has 0 aromatic heterocycles. The molecule has 0 spiro atoms. The van der Waals surface area contributed by atoms with Gasteiger partial charge in [-0.1, -0.05) is 36.4 Å². The lowest BCUT2D eigenvalue weighted by molar-refractivity contribution is -0.108. The van der Waals surface area contributed by atoms with Gasteiger partial charge in [-0.05, 0) is 29.3 Å². The molecule has 0 radical (unpaired) electrons. The number of aldehydes is 1. The summed E-state index contributed by atoms with van der Waals surface area (Å²) in [5.41, 5.74) is 2.43. The standard InChI is InChI=1S/C17H13FO2/c18-14-6-7-17-15(9-14)16(10-19)13(11-20-17)8-12-4-2-1-3-5-12/h1-10,16H,11H2. The number of carbonyl (C=O) groups is 1. The van der Waals surface area contributed by atoms with E-state index in [1.807, 2.05) is 36.4 Å². The molecule has 0 fully saturated rings. The monoisotopic (exact) mass is 268 g/mol. The van der Waals surface area contributed by atoms with Gasteiger partial charge < -0.3 is 9.53 Å². The van der Waals surface area contributed by atoms with Gasteiger partial charge in [0.25, 0.3) is 0 Å². The molecule has 3 heteroatoms. The number of halogens is 1. The van der Waals surface area contributed by atoms with Crippen molar-refractivity contribution in [3.05, 3.63) is 71.0 Å². The maximum atomic E-state index is 13.4. The second-order valence-electron chi connectivity index (χ2n) is 4.71. The number of benzene rings is 2. The smallest absolute Gasteiger partial charge is 0.131 e. The van der Waals surface area contributed by atoms with Gasteiger partial charge in [-0.3, -0.25) is 0 Å². The van der Waals surface area contributed by atoms with E-state index in [4.69, 9.17) is 4.74 Å². The first kappa shape index (κ1) is 12.6. The Morgan fingerprint density at radius 3 is 2.70 bits per heavy atom. The van der Waals surface area contributed by atoms with Gasteiger partial charge in [-0.2, -0.15) is 0 Å². The second kappa shape index (κ2) is 5.29.